The number of benzene rings is 2. The zero-order valence-electron chi connectivity index (χ0n) is 25.5. The lowest BCUT2D eigenvalue weighted by atomic mass is 10.1. The molecule has 3 saturated heterocycles. The van der Waals surface area contributed by atoms with Crippen molar-refractivity contribution in [3.8, 4) is 22.6 Å². The van der Waals surface area contributed by atoms with Crippen LogP contribution in [-0.4, -0.2) is 95.6 Å². The number of H-pyrrole nitrogens is 1. The molecule has 3 aliphatic rings. The third-order valence-corrected chi connectivity index (χ3v) is 9.87. The van der Waals surface area contributed by atoms with E-state index in [0.717, 1.165) is 89.2 Å². The van der Waals surface area contributed by atoms with Crippen molar-refractivity contribution in [2.24, 2.45) is 0 Å². The number of hydrogen-bond donors (Lipinski definition) is 1. The average molecular weight is 627 g/mol. The van der Waals surface area contributed by atoms with Crippen LogP contribution < -0.4 is 4.90 Å². The number of piperazine rings is 1. The number of aromatic amines is 1. The first kappa shape index (κ1) is 27.9. The van der Waals surface area contributed by atoms with Crippen LogP contribution in [0, 0.1) is 5.82 Å². The molecule has 3 atom stereocenters. The Balaban J connectivity index is 0.837. The van der Waals surface area contributed by atoms with Crippen molar-refractivity contribution in [1.82, 2.24) is 44.9 Å². The van der Waals surface area contributed by atoms with Crippen molar-refractivity contribution in [1.29, 1.82) is 0 Å². The molecule has 0 saturated carbocycles. The largest absolute Gasteiger partial charge is 0.365 e. The van der Waals surface area contributed by atoms with E-state index in [0.29, 0.717) is 18.4 Å². The molecule has 0 radical (unpaired) electrons. The zero-order valence-corrected chi connectivity index (χ0v) is 25.5. The first-order valence-corrected chi connectivity index (χ1v) is 16.0. The van der Waals surface area contributed by atoms with E-state index in [2.05, 4.69) is 64.1 Å². The highest BCUT2D eigenvalue weighted by Crippen LogP contribution is 2.36. The van der Waals surface area contributed by atoms with E-state index < -0.39 is 5.82 Å². The van der Waals surface area contributed by atoms with Crippen LogP contribution in [0.4, 0.5) is 10.1 Å². The number of carbonyl (C=O) groups is 1. The summed E-state index contributed by atoms with van der Waals surface area (Å²) >= 11 is 0. The minimum Gasteiger partial charge on any atom is -0.365 e. The van der Waals surface area contributed by atoms with E-state index in [1.807, 2.05) is 30.5 Å². The summed E-state index contributed by atoms with van der Waals surface area (Å²) < 4.78 is 13.2. The van der Waals surface area contributed by atoms with Crippen LogP contribution in [0.3, 0.4) is 0 Å². The molecule has 2 aromatic carbocycles. The fourth-order valence-electron chi connectivity index (χ4n) is 7.51. The lowest BCUT2D eigenvalue weighted by Gasteiger charge is -2.36. The fraction of sp³-hybridized carbons (Fsp3) is 0.286. The minimum absolute atomic E-state index is 0.181. The van der Waals surface area contributed by atoms with Gasteiger partial charge >= 0.3 is 0 Å². The molecule has 4 aromatic heterocycles. The zero-order chi connectivity index (χ0) is 31.5. The number of halogens is 1. The number of likely N-dealkylation sites (tertiary alicyclic amines) is 2. The Labute approximate surface area is 269 Å². The Kier molecular flexibility index (Phi) is 6.63. The molecular weight excluding hydrogens is 595 g/mol. The summed E-state index contributed by atoms with van der Waals surface area (Å²) in [6, 6.07) is 16.6. The van der Waals surface area contributed by atoms with E-state index in [9.17, 15) is 9.18 Å². The van der Waals surface area contributed by atoms with Crippen molar-refractivity contribution in [2.75, 3.05) is 37.6 Å². The molecule has 12 heteroatoms. The Morgan fingerprint density at radius 3 is 2.53 bits per heavy atom. The average Bonchev–Trinajstić information content (AvgIpc) is 3.92. The third kappa shape index (κ3) is 5.05. The van der Waals surface area contributed by atoms with Crippen molar-refractivity contribution in [3.05, 3.63) is 91.2 Å². The molecule has 0 unspecified atom stereocenters. The molecule has 7 heterocycles. The number of rotatable bonds is 6. The SMILES string of the molecule is O=C(CN1CC[C@@H](c2ncc3cc4[nH]nc(-c5ccncc5)c4cc3n2)C1)N1C[C@@H]2C[C@H]1CN2c1ccc(-c2ncc(F)cn2)cc1. The summed E-state index contributed by atoms with van der Waals surface area (Å²) in [6.45, 7) is 3.60. The summed E-state index contributed by atoms with van der Waals surface area (Å²) in [6.07, 6.45) is 9.70. The second-order valence-electron chi connectivity index (χ2n) is 12.7. The molecule has 1 amide bonds. The number of aromatic nitrogens is 7. The predicted octanol–water partition coefficient (Wildman–Crippen LogP) is 4.44. The number of carbonyl (C=O) groups excluding carboxylic acids is 1. The van der Waals surface area contributed by atoms with Gasteiger partial charge in [0.05, 0.1) is 36.0 Å². The standard InChI is InChI=1S/C35H31FN10O/c36-25-15-39-34(40-16-25)22-1-3-26(4-2-22)45-18-28-12-27(45)19-46(28)32(47)20-44-10-7-23(17-44)35-38-14-24-11-31-29(13-30(24)41-35)33(43-42-31)21-5-8-37-9-6-21/h1-6,8-9,11,13-16,23,27-28H,7,10,12,17-20H2,(H,42,43)/t23-,27+,28+/m1/s1. The number of fused-ring (bicyclic) bond motifs is 4. The molecule has 11 nitrogen and oxygen atoms in total. The maximum absolute atomic E-state index is 13.5. The number of nitrogens with one attached hydrogen (secondary N) is 1. The topological polar surface area (TPSA) is 120 Å². The quantitative estimate of drug-likeness (QED) is 0.286. The van der Waals surface area contributed by atoms with Gasteiger partial charge in [0.2, 0.25) is 5.91 Å². The van der Waals surface area contributed by atoms with Crippen LogP contribution in [0.1, 0.15) is 24.6 Å². The second-order valence-corrected chi connectivity index (χ2v) is 12.7. The molecule has 3 fully saturated rings. The summed E-state index contributed by atoms with van der Waals surface area (Å²) in [5, 5.41) is 9.67. The van der Waals surface area contributed by atoms with Crippen molar-refractivity contribution >= 4 is 33.4 Å². The van der Waals surface area contributed by atoms with Crippen LogP contribution in [0.15, 0.2) is 79.5 Å². The first-order valence-electron chi connectivity index (χ1n) is 16.0. The van der Waals surface area contributed by atoms with E-state index >= 15 is 0 Å². The van der Waals surface area contributed by atoms with Gasteiger partial charge in [0, 0.05) is 77.8 Å². The molecule has 3 aliphatic heterocycles. The van der Waals surface area contributed by atoms with E-state index in [1.54, 1.807) is 12.4 Å². The number of nitrogens with zero attached hydrogens (tertiary/aromatic N) is 9. The molecule has 0 spiro atoms. The predicted molar refractivity (Wildman–Crippen MR) is 175 cm³/mol. The molecule has 6 aromatic rings. The normalized spacial score (nSPS) is 21.0. The molecular formula is C35H31FN10O. The van der Waals surface area contributed by atoms with Crippen LogP contribution in [0.5, 0.6) is 0 Å². The van der Waals surface area contributed by atoms with Crippen LogP contribution in [0.2, 0.25) is 0 Å². The van der Waals surface area contributed by atoms with Crippen molar-refractivity contribution in [3.63, 3.8) is 0 Å². The smallest absolute Gasteiger partial charge is 0.237 e. The molecule has 47 heavy (non-hydrogen) atoms. The fourth-order valence-corrected chi connectivity index (χ4v) is 7.51. The highest BCUT2D eigenvalue weighted by Gasteiger charge is 2.45. The highest BCUT2D eigenvalue weighted by molar-refractivity contribution is 6.01. The van der Waals surface area contributed by atoms with E-state index in [4.69, 9.17) is 9.97 Å². The number of hydrogen-bond acceptors (Lipinski definition) is 9. The van der Waals surface area contributed by atoms with Gasteiger partial charge in [-0.05, 0) is 67.9 Å². The molecule has 1 N–H and O–H groups in total. The number of anilines is 1. The van der Waals surface area contributed by atoms with Gasteiger partial charge in [-0.1, -0.05) is 0 Å². The number of amides is 1. The summed E-state index contributed by atoms with van der Waals surface area (Å²) in [5.74, 6) is 1.26. The Bertz CT molecular complexity index is 2100. The molecule has 0 aliphatic carbocycles. The van der Waals surface area contributed by atoms with Crippen LogP contribution >= 0.6 is 0 Å². The highest BCUT2D eigenvalue weighted by atomic mass is 19.1. The van der Waals surface area contributed by atoms with Crippen molar-refractivity contribution in [2.45, 2.75) is 30.8 Å². The lowest BCUT2D eigenvalue weighted by Crippen LogP contribution is -2.51. The van der Waals surface area contributed by atoms with Gasteiger partial charge < -0.3 is 9.80 Å². The van der Waals surface area contributed by atoms with Gasteiger partial charge in [0.15, 0.2) is 11.6 Å². The van der Waals surface area contributed by atoms with Gasteiger partial charge in [-0.2, -0.15) is 5.10 Å². The monoisotopic (exact) mass is 626 g/mol. The van der Waals surface area contributed by atoms with Gasteiger partial charge in [0.1, 0.15) is 11.5 Å². The minimum atomic E-state index is -0.450. The molecule has 2 bridgehead atoms. The van der Waals surface area contributed by atoms with E-state index in [1.165, 1.54) is 12.4 Å². The summed E-state index contributed by atoms with van der Waals surface area (Å²) in [5.41, 5.74) is 5.68. The lowest BCUT2D eigenvalue weighted by molar-refractivity contribution is -0.133. The molecule has 9 rings (SSSR count). The molecule has 234 valence electrons. The summed E-state index contributed by atoms with van der Waals surface area (Å²) in [4.78, 5) is 42.3. The van der Waals surface area contributed by atoms with Gasteiger partial charge in [-0.3, -0.25) is 19.8 Å². The second kappa shape index (κ2) is 11.2. The Morgan fingerprint density at radius 1 is 0.915 bits per heavy atom. The van der Waals surface area contributed by atoms with Gasteiger partial charge in [-0.25, -0.2) is 24.3 Å². The maximum Gasteiger partial charge on any atom is 0.237 e. The first-order chi connectivity index (χ1) is 23.1. The number of pyridine rings is 1. The van der Waals surface area contributed by atoms with Crippen LogP contribution in [-0.2, 0) is 4.79 Å². The van der Waals surface area contributed by atoms with Gasteiger partial charge in [0.25, 0.3) is 0 Å². The van der Waals surface area contributed by atoms with Crippen molar-refractivity contribution < 1.29 is 9.18 Å². The third-order valence-electron chi connectivity index (χ3n) is 9.87. The summed E-state index contributed by atoms with van der Waals surface area (Å²) in [7, 11) is 0. The Hall–Kier alpha value is -5.36. The maximum atomic E-state index is 13.5. The van der Waals surface area contributed by atoms with Crippen LogP contribution in [0.25, 0.3) is 44.5 Å². The van der Waals surface area contributed by atoms with Gasteiger partial charge in [-0.15, -0.1) is 0 Å². The Morgan fingerprint density at radius 2 is 1.74 bits per heavy atom. The van der Waals surface area contributed by atoms with E-state index in [-0.39, 0.29) is 17.9 Å².